The van der Waals surface area contributed by atoms with Crippen LogP contribution in [0.2, 0.25) is 0 Å². The van der Waals surface area contributed by atoms with Crippen molar-refractivity contribution in [1.82, 2.24) is 4.31 Å². The summed E-state index contributed by atoms with van der Waals surface area (Å²) in [6.07, 6.45) is 1.34. The lowest BCUT2D eigenvalue weighted by molar-refractivity contribution is -0.117. The molecule has 0 aromatic heterocycles. The molecule has 0 saturated carbocycles. The summed E-state index contributed by atoms with van der Waals surface area (Å²) in [7, 11) is -2.37. The fourth-order valence-corrected chi connectivity index (χ4v) is 5.64. The van der Waals surface area contributed by atoms with E-state index in [1.807, 2.05) is 6.07 Å². The van der Waals surface area contributed by atoms with Crippen molar-refractivity contribution in [3.8, 4) is 5.75 Å². The van der Waals surface area contributed by atoms with Crippen LogP contribution >= 0.6 is 0 Å². The highest BCUT2D eigenvalue weighted by Gasteiger charge is 2.29. The normalized spacial score (nSPS) is 17.2. The number of rotatable bonds is 7. The summed E-state index contributed by atoms with van der Waals surface area (Å²) in [4.78, 5) is 26.4. The number of hydrogen-bond acceptors (Lipinski definition) is 6. The van der Waals surface area contributed by atoms with Crippen molar-refractivity contribution >= 4 is 33.2 Å². The second-order valence-corrected chi connectivity index (χ2v) is 9.83. The minimum atomic E-state index is -3.78. The van der Waals surface area contributed by atoms with Gasteiger partial charge in [0, 0.05) is 37.4 Å². The monoisotopic (exact) mass is 473 g/mol. The summed E-state index contributed by atoms with van der Waals surface area (Å²) in [5.74, 6) is 0.0131. The summed E-state index contributed by atoms with van der Waals surface area (Å²) in [6, 6.07) is 11.9. The average Bonchev–Trinajstić information content (AvgIpc) is 3.25. The summed E-state index contributed by atoms with van der Waals surface area (Å²) < 4.78 is 38.2. The molecule has 9 nitrogen and oxygen atoms in total. The first-order valence-corrected chi connectivity index (χ1v) is 12.3. The number of anilines is 2. The molecule has 0 unspecified atom stereocenters. The highest BCUT2D eigenvalue weighted by molar-refractivity contribution is 7.89. The van der Waals surface area contributed by atoms with E-state index < -0.39 is 10.0 Å². The van der Waals surface area contributed by atoms with Crippen LogP contribution < -0.4 is 15.0 Å². The van der Waals surface area contributed by atoms with Gasteiger partial charge in [-0.15, -0.1) is 0 Å². The van der Waals surface area contributed by atoms with Gasteiger partial charge in [0.05, 0.1) is 26.7 Å². The third kappa shape index (κ3) is 5.18. The molecule has 2 aromatic rings. The zero-order valence-electron chi connectivity index (χ0n) is 18.5. The van der Waals surface area contributed by atoms with Crippen molar-refractivity contribution in [1.29, 1.82) is 0 Å². The van der Waals surface area contributed by atoms with E-state index in [0.717, 1.165) is 12.1 Å². The molecule has 0 radical (unpaired) electrons. The second kappa shape index (κ2) is 9.90. The van der Waals surface area contributed by atoms with E-state index in [1.54, 1.807) is 35.2 Å². The summed E-state index contributed by atoms with van der Waals surface area (Å²) in [5, 5.41) is 2.83. The van der Waals surface area contributed by atoms with E-state index in [2.05, 4.69) is 5.32 Å². The molecule has 2 aromatic carbocycles. The van der Waals surface area contributed by atoms with Gasteiger partial charge in [0.15, 0.2) is 0 Å². The van der Waals surface area contributed by atoms with Gasteiger partial charge in [-0.1, -0.05) is 12.1 Å². The van der Waals surface area contributed by atoms with Crippen LogP contribution in [0, 0.1) is 0 Å². The van der Waals surface area contributed by atoms with Gasteiger partial charge < -0.3 is 19.7 Å². The van der Waals surface area contributed by atoms with E-state index >= 15 is 0 Å². The van der Waals surface area contributed by atoms with Crippen LogP contribution in [0.3, 0.4) is 0 Å². The first-order chi connectivity index (χ1) is 15.9. The number of ether oxygens (including phenoxy) is 2. The van der Waals surface area contributed by atoms with Gasteiger partial charge in [-0.3, -0.25) is 9.59 Å². The Morgan fingerprint density at radius 3 is 2.61 bits per heavy atom. The zero-order chi connectivity index (χ0) is 23.4. The summed E-state index contributed by atoms with van der Waals surface area (Å²) in [6.45, 7) is 1.89. The maximum Gasteiger partial charge on any atom is 0.246 e. The average molecular weight is 474 g/mol. The lowest BCUT2D eigenvalue weighted by atomic mass is 10.1. The molecule has 2 saturated heterocycles. The van der Waals surface area contributed by atoms with Crippen molar-refractivity contribution < 1.29 is 27.5 Å². The van der Waals surface area contributed by atoms with Crippen LogP contribution in [0.25, 0.3) is 0 Å². The number of methoxy groups -OCH3 is 1. The molecule has 10 heteroatoms. The van der Waals surface area contributed by atoms with Crippen molar-refractivity contribution in [2.75, 3.05) is 50.2 Å². The van der Waals surface area contributed by atoms with E-state index in [1.165, 1.54) is 17.5 Å². The molecule has 2 amide bonds. The van der Waals surface area contributed by atoms with Gasteiger partial charge in [-0.25, -0.2) is 8.42 Å². The van der Waals surface area contributed by atoms with Gasteiger partial charge in [0.1, 0.15) is 10.6 Å². The van der Waals surface area contributed by atoms with Crippen LogP contribution in [0.1, 0.15) is 18.4 Å². The molecule has 0 bridgehead atoms. The fourth-order valence-electron chi connectivity index (χ4n) is 4.02. The van der Waals surface area contributed by atoms with E-state index in [4.69, 9.17) is 9.47 Å². The molecule has 2 heterocycles. The molecule has 2 aliphatic rings. The minimum absolute atomic E-state index is 0.0114. The lowest BCUT2D eigenvalue weighted by Gasteiger charge is -2.26. The number of benzene rings is 2. The maximum absolute atomic E-state index is 13.1. The SMILES string of the molecule is COc1ccc(CC(=O)Nc2cccc(N3CCCC3=O)c2)cc1S(=O)(=O)N1CCOCC1. The summed E-state index contributed by atoms with van der Waals surface area (Å²) >= 11 is 0. The van der Waals surface area contributed by atoms with E-state index in [-0.39, 0.29) is 42.0 Å². The Hall–Kier alpha value is -2.95. The van der Waals surface area contributed by atoms with Gasteiger partial charge in [0.25, 0.3) is 0 Å². The minimum Gasteiger partial charge on any atom is -0.495 e. The van der Waals surface area contributed by atoms with Crippen molar-refractivity contribution in [3.05, 3.63) is 48.0 Å². The van der Waals surface area contributed by atoms with Crippen LogP contribution in [-0.2, 0) is 30.8 Å². The highest BCUT2D eigenvalue weighted by atomic mass is 32.2. The number of morpholine rings is 1. The van der Waals surface area contributed by atoms with Gasteiger partial charge in [-0.05, 0) is 42.3 Å². The van der Waals surface area contributed by atoms with Crippen LogP contribution in [0.4, 0.5) is 11.4 Å². The Balaban J connectivity index is 1.49. The Bertz CT molecular complexity index is 1140. The lowest BCUT2D eigenvalue weighted by Crippen LogP contribution is -2.40. The molecule has 4 rings (SSSR count). The predicted octanol–water partition coefficient (Wildman–Crippen LogP) is 2.02. The Morgan fingerprint density at radius 1 is 1.12 bits per heavy atom. The first kappa shape index (κ1) is 23.2. The Kier molecular flexibility index (Phi) is 6.96. The maximum atomic E-state index is 13.1. The third-order valence-corrected chi connectivity index (χ3v) is 7.62. The second-order valence-electron chi connectivity index (χ2n) is 7.93. The number of amides is 2. The first-order valence-electron chi connectivity index (χ1n) is 10.8. The molecule has 2 aliphatic heterocycles. The molecule has 2 fully saturated rings. The van der Waals surface area contributed by atoms with Crippen LogP contribution in [0.15, 0.2) is 47.4 Å². The molecule has 176 valence electrons. The molecule has 1 N–H and O–H groups in total. The van der Waals surface area contributed by atoms with Crippen molar-refractivity contribution in [2.45, 2.75) is 24.2 Å². The topological polar surface area (TPSA) is 105 Å². The highest BCUT2D eigenvalue weighted by Crippen LogP contribution is 2.29. The molecular formula is C23H27N3O6S. The quantitative estimate of drug-likeness (QED) is 0.660. The number of nitrogens with one attached hydrogen (secondary N) is 1. The number of nitrogens with zero attached hydrogens (tertiary/aromatic N) is 2. The molecule has 33 heavy (non-hydrogen) atoms. The van der Waals surface area contributed by atoms with E-state index in [0.29, 0.717) is 37.4 Å². The van der Waals surface area contributed by atoms with Crippen LogP contribution in [0.5, 0.6) is 5.75 Å². The fraction of sp³-hybridized carbons (Fsp3) is 0.391. The number of carbonyl (C=O) groups is 2. The smallest absolute Gasteiger partial charge is 0.246 e. The van der Waals surface area contributed by atoms with E-state index in [9.17, 15) is 18.0 Å². The molecule has 0 spiro atoms. The van der Waals surface area contributed by atoms with Gasteiger partial charge >= 0.3 is 0 Å². The van der Waals surface area contributed by atoms with Crippen LogP contribution in [-0.4, -0.2) is 64.5 Å². The third-order valence-electron chi connectivity index (χ3n) is 5.70. The van der Waals surface area contributed by atoms with Crippen molar-refractivity contribution in [3.63, 3.8) is 0 Å². The predicted molar refractivity (Wildman–Crippen MR) is 123 cm³/mol. The van der Waals surface area contributed by atoms with Gasteiger partial charge in [0.2, 0.25) is 21.8 Å². The molecule has 0 atom stereocenters. The van der Waals surface area contributed by atoms with Crippen molar-refractivity contribution in [2.24, 2.45) is 0 Å². The largest absolute Gasteiger partial charge is 0.495 e. The molecular weight excluding hydrogens is 446 g/mol. The zero-order valence-corrected chi connectivity index (χ0v) is 19.3. The van der Waals surface area contributed by atoms with Gasteiger partial charge in [-0.2, -0.15) is 4.31 Å². The standard InChI is InChI=1S/C23H27N3O6S/c1-31-20-8-7-17(14-21(20)33(29,30)25-10-12-32-13-11-25)15-22(27)24-18-4-2-5-19(16-18)26-9-3-6-23(26)28/h2,4-5,7-8,14,16H,3,6,9-13,15H2,1H3,(H,24,27). The number of hydrogen-bond donors (Lipinski definition) is 1. The Morgan fingerprint density at radius 2 is 1.91 bits per heavy atom. The number of sulfonamides is 1. The summed E-state index contributed by atoms with van der Waals surface area (Å²) in [5.41, 5.74) is 1.87. The Labute approximate surface area is 193 Å². The molecule has 0 aliphatic carbocycles. The number of carbonyl (C=O) groups excluding carboxylic acids is 2.